The van der Waals surface area contributed by atoms with Crippen molar-refractivity contribution in [2.75, 3.05) is 13.1 Å². The number of hydrogen-bond acceptors (Lipinski definition) is 3. The summed E-state index contributed by atoms with van der Waals surface area (Å²) >= 11 is 1.68. The number of nitrogens with one attached hydrogen (secondary N) is 1. The van der Waals surface area contributed by atoms with Crippen LogP contribution in [-0.2, 0) is 11.8 Å². The van der Waals surface area contributed by atoms with Crippen molar-refractivity contribution in [1.29, 1.82) is 0 Å². The fraction of sp³-hybridized carbons (Fsp3) is 0.308. The Hall–Kier alpha value is -1.26. The highest BCUT2D eigenvalue weighted by molar-refractivity contribution is 7.09. The zero-order valence-electron chi connectivity index (χ0n) is 9.32. The first-order valence-corrected chi connectivity index (χ1v) is 6.52. The minimum absolute atomic E-state index is 0.103. The average molecular weight is 248 g/mol. The van der Waals surface area contributed by atoms with Gasteiger partial charge in [-0.1, -0.05) is 12.1 Å². The molecule has 2 aromatic rings. The Bertz CT molecular complexity index is 489. The van der Waals surface area contributed by atoms with E-state index in [1.54, 1.807) is 11.3 Å². The summed E-state index contributed by atoms with van der Waals surface area (Å²) in [5, 5.41) is 6.46. The average Bonchev–Trinajstić information content (AvgIpc) is 2.77. The third kappa shape index (κ3) is 1.98. The molecule has 0 radical (unpaired) electrons. The van der Waals surface area contributed by atoms with Gasteiger partial charge in [0.15, 0.2) is 0 Å². The van der Waals surface area contributed by atoms with Crippen LogP contribution in [0.15, 0.2) is 35.8 Å². The van der Waals surface area contributed by atoms with Crippen LogP contribution < -0.4 is 5.32 Å². The van der Waals surface area contributed by atoms with Gasteiger partial charge in [0.25, 0.3) is 0 Å². The normalized spacial score (nSPS) is 17.7. The Labute approximate surface area is 104 Å². The molecule has 17 heavy (non-hydrogen) atoms. The highest BCUT2D eigenvalue weighted by atomic mass is 32.1. The summed E-state index contributed by atoms with van der Waals surface area (Å²) in [5.74, 6) is -0.176. The van der Waals surface area contributed by atoms with Gasteiger partial charge in [0.2, 0.25) is 0 Å². The molecule has 0 atom stereocenters. The quantitative estimate of drug-likeness (QED) is 0.902. The second-order valence-electron chi connectivity index (χ2n) is 4.49. The van der Waals surface area contributed by atoms with Gasteiger partial charge in [-0.2, -0.15) is 0 Å². The lowest BCUT2D eigenvalue weighted by Gasteiger charge is -2.43. The molecule has 1 aliphatic heterocycles. The van der Waals surface area contributed by atoms with Crippen LogP contribution in [0.2, 0.25) is 0 Å². The first-order chi connectivity index (χ1) is 8.28. The Morgan fingerprint density at radius 2 is 2.06 bits per heavy atom. The van der Waals surface area contributed by atoms with Crippen LogP contribution in [0.5, 0.6) is 0 Å². The molecule has 0 unspecified atom stereocenters. The number of nitrogens with zero attached hydrogens (tertiary/aromatic N) is 1. The molecule has 1 aromatic heterocycles. The first kappa shape index (κ1) is 10.9. The van der Waals surface area contributed by atoms with Gasteiger partial charge in [-0.25, -0.2) is 9.37 Å². The fourth-order valence-electron chi connectivity index (χ4n) is 2.29. The number of aromatic nitrogens is 1. The maximum Gasteiger partial charge on any atom is 0.123 e. The molecule has 1 saturated heterocycles. The zero-order valence-corrected chi connectivity index (χ0v) is 10.1. The van der Waals surface area contributed by atoms with Crippen molar-refractivity contribution in [3.8, 4) is 0 Å². The van der Waals surface area contributed by atoms with Crippen molar-refractivity contribution >= 4 is 11.3 Å². The Morgan fingerprint density at radius 1 is 1.29 bits per heavy atom. The third-order valence-corrected chi connectivity index (χ3v) is 4.14. The van der Waals surface area contributed by atoms with Gasteiger partial charge < -0.3 is 5.32 Å². The zero-order chi connectivity index (χ0) is 11.7. The fourth-order valence-corrected chi connectivity index (χ4v) is 3.05. The Morgan fingerprint density at radius 3 is 2.59 bits per heavy atom. The monoisotopic (exact) mass is 248 g/mol. The number of benzene rings is 1. The van der Waals surface area contributed by atoms with Crippen LogP contribution in [-0.4, -0.2) is 18.1 Å². The van der Waals surface area contributed by atoms with Crippen LogP contribution >= 0.6 is 11.3 Å². The smallest absolute Gasteiger partial charge is 0.123 e. The van der Waals surface area contributed by atoms with Crippen LogP contribution in [0, 0.1) is 5.82 Å². The third-order valence-electron chi connectivity index (χ3n) is 3.36. The molecule has 2 nitrogen and oxygen atoms in total. The Balaban J connectivity index is 1.89. The van der Waals surface area contributed by atoms with E-state index in [-0.39, 0.29) is 11.2 Å². The molecule has 2 heterocycles. The molecule has 1 N–H and O–H groups in total. The maximum absolute atomic E-state index is 12.9. The van der Waals surface area contributed by atoms with E-state index in [1.165, 1.54) is 17.7 Å². The molecule has 4 heteroatoms. The maximum atomic E-state index is 12.9. The van der Waals surface area contributed by atoms with E-state index >= 15 is 0 Å². The van der Waals surface area contributed by atoms with E-state index < -0.39 is 0 Å². The van der Waals surface area contributed by atoms with Crippen molar-refractivity contribution in [2.24, 2.45) is 0 Å². The van der Waals surface area contributed by atoms with Gasteiger partial charge in [-0.3, -0.25) is 0 Å². The summed E-state index contributed by atoms with van der Waals surface area (Å²) < 4.78 is 12.9. The van der Waals surface area contributed by atoms with E-state index in [0.29, 0.717) is 0 Å². The van der Waals surface area contributed by atoms with Crippen LogP contribution in [0.25, 0.3) is 0 Å². The van der Waals surface area contributed by atoms with Crippen LogP contribution in [0.4, 0.5) is 4.39 Å². The van der Waals surface area contributed by atoms with E-state index in [4.69, 9.17) is 0 Å². The summed E-state index contributed by atoms with van der Waals surface area (Å²) in [5.41, 5.74) is 1.30. The van der Waals surface area contributed by atoms with Crippen molar-refractivity contribution in [2.45, 2.75) is 11.8 Å². The van der Waals surface area contributed by atoms with Gasteiger partial charge in [-0.05, 0) is 17.7 Å². The van der Waals surface area contributed by atoms with E-state index in [1.807, 2.05) is 23.7 Å². The molecule has 0 amide bonds. The van der Waals surface area contributed by atoms with Gasteiger partial charge in [0.05, 0.1) is 5.01 Å². The molecular formula is C13H13FN2S. The highest BCUT2D eigenvalue weighted by Gasteiger charge is 2.39. The number of rotatable bonds is 3. The topological polar surface area (TPSA) is 24.9 Å². The first-order valence-electron chi connectivity index (χ1n) is 5.64. The lowest BCUT2D eigenvalue weighted by Crippen LogP contribution is -2.58. The van der Waals surface area contributed by atoms with Crippen molar-refractivity contribution in [3.05, 3.63) is 52.2 Å². The van der Waals surface area contributed by atoms with E-state index in [9.17, 15) is 4.39 Å². The predicted molar refractivity (Wildman–Crippen MR) is 66.8 cm³/mol. The minimum Gasteiger partial charge on any atom is -0.315 e. The van der Waals surface area contributed by atoms with E-state index in [2.05, 4.69) is 10.3 Å². The number of thiazole rings is 1. The van der Waals surface area contributed by atoms with E-state index in [0.717, 1.165) is 24.5 Å². The van der Waals surface area contributed by atoms with Gasteiger partial charge in [-0.15, -0.1) is 11.3 Å². The van der Waals surface area contributed by atoms with Crippen LogP contribution in [0.1, 0.15) is 10.6 Å². The molecule has 0 bridgehead atoms. The standard InChI is InChI=1S/C13H13FN2S/c14-11-3-1-10(2-4-11)13(8-15-9-13)7-12-16-5-6-17-12/h1-6,15H,7-9H2. The lowest BCUT2D eigenvalue weighted by molar-refractivity contribution is 0.274. The summed E-state index contributed by atoms with van der Waals surface area (Å²) in [7, 11) is 0. The SMILES string of the molecule is Fc1ccc(C2(Cc3nccs3)CNC2)cc1. The Kier molecular flexibility index (Phi) is 2.68. The molecule has 1 aromatic carbocycles. The molecule has 0 aliphatic carbocycles. The second kappa shape index (κ2) is 4.20. The van der Waals surface area contributed by atoms with Gasteiger partial charge >= 0.3 is 0 Å². The number of halogens is 1. The molecule has 3 rings (SSSR count). The van der Waals surface area contributed by atoms with Gasteiger partial charge in [0, 0.05) is 36.5 Å². The minimum atomic E-state index is -0.176. The molecule has 88 valence electrons. The van der Waals surface area contributed by atoms with Gasteiger partial charge in [0.1, 0.15) is 5.82 Å². The molecule has 1 fully saturated rings. The largest absolute Gasteiger partial charge is 0.315 e. The molecular weight excluding hydrogens is 235 g/mol. The summed E-state index contributed by atoms with van der Waals surface area (Å²) in [4.78, 5) is 4.34. The summed E-state index contributed by atoms with van der Waals surface area (Å²) in [6.45, 7) is 1.89. The summed E-state index contributed by atoms with van der Waals surface area (Å²) in [6, 6.07) is 6.86. The summed E-state index contributed by atoms with van der Waals surface area (Å²) in [6.07, 6.45) is 2.77. The van der Waals surface area contributed by atoms with Crippen molar-refractivity contribution in [3.63, 3.8) is 0 Å². The van der Waals surface area contributed by atoms with Crippen LogP contribution in [0.3, 0.4) is 0 Å². The number of hydrogen-bond donors (Lipinski definition) is 1. The van der Waals surface area contributed by atoms with Crippen molar-refractivity contribution in [1.82, 2.24) is 10.3 Å². The molecule has 0 spiro atoms. The second-order valence-corrected chi connectivity index (χ2v) is 5.47. The van der Waals surface area contributed by atoms with Crippen molar-refractivity contribution < 1.29 is 4.39 Å². The lowest BCUT2D eigenvalue weighted by atomic mass is 9.73. The molecule has 0 saturated carbocycles. The molecule has 1 aliphatic rings. The predicted octanol–water partition coefficient (Wildman–Crippen LogP) is 2.37. The highest BCUT2D eigenvalue weighted by Crippen LogP contribution is 2.33.